The molecule has 0 saturated carbocycles. The zero-order valence-electron chi connectivity index (χ0n) is 11.2. The van der Waals surface area contributed by atoms with Gasteiger partial charge >= 0.3 is 0 Å². The van der Waals surface area contributed by atoms with Crippen molar-refractivity contribution >= 4 is 41.1 Å². The monoisotopic (exact) mass is 335 g/mol. The quantitative estimate of drug-likeness (QED) is 0.669. The van der Waals surface area contributed by atoms with Crippen molar-refractivity contribution in [2.45, 2.75) is 0 Å². The summed E-state index contributed by atoms with van der Waals surface area (Å²) in [4.78, 5) is 27.2. The highest BCUT2D eigenvalue weighted by atomic mass is 35.5. The molecule has 2 amide bonds. The fraction of sp³-hybridized carbons (Fsp3) is 0. The van der Waals surface area contributed by atoms with Crippen LogP contribution in [-0.4, -0.2) is 16.8 Å². The van der Waals surface area contributed by atoms with Crippen LogP contribution in [0.2, 0.25) is 10.0 Å². The fourth-order valence-corrected chi connectivity index (χ4v) is 1.99. The Kier molecular flexibility index (Phi) is 5.52. The van der Waals surface area contributed by atoms with Crippen LogP contribution >= 0.6 is 23.2 Å². The maximum absolute atomic E-state index is 11.7. The Morgan fingerprint density at radius 3 is 2.59 bits per heavy atom. The molecule has 1 aromatic heterocycles. The van der Waals surface area contributed by atoms with Gasteiger partial charge in [0.25, 0.3) is 11.8 Å². The third-order valence-electron chi connectivity index (χ3n) is 2.57. The molecule has 22 heavy (non-hydrogen) atoms. The summed E-state index contributed by atoms with van der Waals surface area (Å²) in [6.07, 6.45) is 4.24. The van der Waals surface area contributed by atoms with Crippen LogP contribution in [0.15, 0.2) is 48.7 Å². The van der Waals surface area contributed by atoms with Gasteiger partial charge in [-0.3, -0.25) is 25.4 Å². The van der Waals surface area contributed by atoms with Crippen molar-refractivity contribution in [3.8, 4) is 0 Å². The van der Waals surface area contributed by atoms with Crippen LogP contribution in [0.25, 0.3) is 6.08 Å². The fourth-order valence-electron chi connectivity index (χ4n) is 1.52. The van der Waals surface area contributed by atoms with Gasteiger partial charge in [-0.05, 0) is 35.9 Å². The van der Waals surface area contributed by atoms with Crippen molar-refractivity contribution < 1.29 is 9.59 Å². The van der Waals surface area contributed by atoms with E-state index in [4.69, 9.17) is 23.2 Å². The van der Waals surface area contributed by atoms with E-state index < -0.39 is 11.8 Å². The van der Waals surface area contributed by atoms with Crippen LogP contribution in [-0.2, 0) is 4.79 Å². The van der Waals surface area contributed by atoms with E-state index in [9.17, 15) is 9.59 Å². The first kappa shape index (κ1) is 16.0. The van der Waals surface area contributed by atoms with Crippen LogP contribution in [0.5, 0.6) is 0 Å². The lowest BCUT2D eigenvalue weighted by molar-refractivity contribution is -0.117. The van der Waals surface area contributed by atoms with Crippen LogP contribution < -0.4 is 10.9 Å². The molecule has 2 N–H and O–H groups in total. The number of hydrogen-bond acceptors (Lipinski definition) is 3. The minimum atomic E-state index is -0.508. The van der Waals surface area contributed by atoms with Gasteiger partial charge in [-0.1, -0.05) is 35.3 Å². The molecule has 1 aromatic carbocycles. The standard InChI is InChI=1S/C15H11Cl2N3O2/c16-11-6-4-10(12(17)9-11)5-7-14(21)19-20-15(22)13-3-1-2-8-18-13/h1-9H,(H,19,21)(H,20,22)/b7-5+. The van der Waals surface area contributed by atoms with Gasteiger partial charge < -0.3 is 0 Å². The van der Waals surface area contributed by atoms with Gasteiger partial charge in [0, 0.05) is 22.3 Å². The molecular weight excluding hydrogens is 325 g/mol. The number of benzene rings is 1. The molecule has 0 fully saturated rings. The van der Waals surface area contributed by atoms with E-state index in [2.05, 4.69) is 15.8 Å². The number of amides is 2. The Labute approximate surface area is 136 Å². The molecule has 0 spiro atoms. The number of halogens is 2. The molecular formula is C15H11Cl2N3O2. The van der Waals surface area contributed by atoms with Crippen molar-refractivity contribution in [1.82, 2.24) is 15.8 Å². The smallest absolute Gasteiger partial charge is 0.268 e. The molecule has 112 valence electrons. The molecule has 2 rings (SSSR count). The summed E-state index contributed by atoms with van der Waals surface area (Å²) < 4.78 is 0. The minimum absolute atomic E-state index is 0.201. The highest BCUT2D eigenvalue weighted by Crippen LogP contribution is 2.21. The maximum Gasteiger partial charge on any atom is 0.288 e. The first-order valence-corrected chi connectivity index (χ1v) is 6.96. The summed E-state index contributed by atoms with van der Waals surface area (Å²) >= 11 is 11.8. The zero-order valence-corrected chi connectivity index (χ0v) is 12.7. The molecule has 0 aliphatic carbocycles. The van der Waals surface area contributed by atoms with E-state index in [0.29, 0.717) is 15.6 Å². The lowest BCUT2D eigenvalue weighted by Gasteiger charge is -2.04. The molecule has 0 bridgehead atoms. The van der Waals surface area contributed by atoms with E-state index in [1.807, 2.05) is 0 Å². The van der Waals surface area contributed by atoms with Crippen molar-refractivity contribution in [3.05, 3.63) is 70.0 Å². The summed E-state index contributed by atoms with van der Waals surface area (Å²) in [7, 11) is 0. The Balaban J connectivity index is 1.90. The average molecular weight is 336 g/mol. The summed E-state index contributed by atoms with van der Waals surface area (Å²) in [6.45, 7) is 0. The maximum atomic E-state index is 11.7. The van der Waals surface area contributed by atoms with Crippen molar-refractivity contribution in [1.29, 1.82) is 0 Å². The predicted octanol–water partition coefficient (Wildman–Crippen LogP) is 2.86. The summed E-state index contributed by atoms with van der Waals surface area (Å²) in [5.74, 6) is -1.01. The van der Waals surface area contributed by atoms with Gasteiger partial charge in [0.05, 0.1) is 0 Å². The number of aromatic nitrogens is 1. The normalized spacial score (nSPS) is 10.5. The minimum Gasteiger partial charge on any atom is -0.268 e. The number of nitrogens with one attached hydrogen (secondary N) is 2. The van der Waals surface area contributed by atoms with Gasteiger partial charge in [-0.15, -0.1) is 0 Å². The first-order chi connectivity index (χ1) is 10.6. The van der Waals surface area contributed by atoms with E-state index in [1.54, 1.807) is 30.3 Å². The first-order valence-electron chi connectivity index (χ1n) is 6.21. The Morgan fingerprint density at radius 2 is 1.91 bits per heavy atom. The number of carbonyl (C=O) groups is 2. The lowest BCUT2D eigenvalue weighted by atomic mass is 10.2. The van der Waals surface area contributed by atoms with E-state index in [0.717, 1.165) is 0 Å². The molecule has 2 aromatic rings. The van der Waals surface area contributed by atoms with Crippen molar-refractivity contribution in [2.24, 2.45) is 0 Å². The van der Waals surface area contributed by atoms with Gasteiger partial charge in [0.2, 0.25) is 0 Å². The SMILES string of the molecule is O=C(/C=C/c1ccc(Cl)cc1Cl)NNC(=O)c1ccccn1. The molecule has 0 radical (unpaired) electrons. The third kappa shape index (κ3) is 4.58. The van der Waals surface area contributed by atoms with Crippen molar-refractivity contribution in [3.63, 3.8) is 0 Å². The molecule has 7 heteroatoms. The zero-order chi connectivity index (χ0) is 15.9. The van der Waals surface area contributed by atoms with Gasteiger partial charge in [-0.25, -0.2) is 0 Å². The van der Waals surface area contributed by atoms with Gasteiger partial charge in [0.15, 0.2) is 0 Å². The summed E-state index contributed by atoms with van der Waals surface area (Å²) in [5.41, 5.74) is 5.34. The second-order valence-corrected chi connectivity index (χ2v) is 5.00. The molecule has 0 unspecified atom stereocenters. The number of hydrazine groups is 1. The molecule has 0 aliphatic heterocycles. The van der Waals surface area contributed by atoms with Crippen LogP contribution in [0.3, 0.4) is 0 Å². The summed E-state index contributed by atoms with van der Waals surface area (Å²) in [5, 5.41) is 0.934. The van der Waals surface area contributed by atoms with E-state index in [1.165, 1.54) is 24.4 Å². The number of rotatable bonds is 3. The molecule has 0 atom stereocenters. The average Bonchev–Trinajstić information content (AvgIpc) is 2.52. The summed E-state index contributed by atoms with van der Waals surface area (Å²) in [6, 6.07) is 9.81. The molecule has 5 nitrogen and oxygen atoms in total. The van der Waals surface area contributed by atoms with E-state index in [-0.39, 0.29) is 5.69 Å². The molecule has 1 heterocycles. The molecule has 0 saturated heterocycles. The highest BCUT2D eigenvalue weighted by Gasteiger charge is 2.06. The van der Waals surface area contributed by atoms with Crippen LogP contribution in [0.1, 0.15) is 16.1 Å². The lowest BCUT2D eigenvalue weighted by Crippen LogP contribution is -2.41. The number of carbonyl (C=O) groups excluding carboxylic acids is 2. The molecule has 0 aliphatic rings. The Morgan fingerprint density at radius 1 is 1.09 bits per heavy atom. The van der Waals surface area contributed by atoms with Crippen LogP contribution in [0.4, 0.5) is 0 Å². The number of nitrogens with zero attached hydrogens (tertiary/aromatic N) is 1. The number of hydrogen-bond donors (Lipinski definition) is 2. The van der Waals surface area contributed by atoms with Gasteiger partial charge in [0.1, 0.15) is 5.69 Å². The Bertz CT molecular complexity index is 718. The number of pyridine rings is 1. The Hall–Kier alpha value is -2.37. The van der Waals surface area contributed by atoms with Crippen molar-refractivity contribution in [2.75, 3.05) is 0 Å². The topological polar surface area (TPSA) is 71.1 Å². The third-order valence-corrected chi connectivity index (χ3v) is 3.14. The second-order valence-electron chi connectivity index (χ2n) is 4.16. The highest BCUT2D eigenvalue weighted by molar-refractivity contribution is 6.35. The van der Waals surface area contributed by atoms with Gasteiger partial charge in [-0.2, -0.15) is 0 Å². The predicted molar refractivity (Wildman–Crippen MR) is 85.3 cm³/mol. The van der Waals surface area contributed by atoms with Crippen LogP contribution in [0, 0.1) is 0 Å². The van der Waals surface area contributed by atoms with E-state index >= 15 is 0 Å². The largest absolute Gasteiger partial charge is 0.288 e. The second kappa shape index (κ2) is 7.59.